The third kappa shape index (κ3) is 4.15. The molecule has 2 aliphatic heterocycles. The van der Waals surface area contributed by atoms with Crippen LogP contribution in [0.4, 0.5) is 5.69 Å². The predicted octanol–water partition coefficient (Wildman–Crippen LogP) is 0.361. The standard InChI is InChI=1S/C21H25N11O3S/c22-36(34,35)21-18(13-31(28-21)14-3-1-4-14)27-20(33)15-11-25-30-9-5-16(26-19(15)30)17-12-29(10-7-23-17)32-8-2-6-24-32/h5,7,9,11-14,24H,1-4,6,8,10H2,(H,27,33)(H2,22,34,35). The van der Waals surface area contributed by atoms with E-state index >= 15 is 0 Å². The first-order valence-electron chi connectivity index (χ1n) is 11.7. The number of nitrogens with one attached hydrogen (secondary N) is 2. The van der Waals surface area contributed by atoms with Crippen LogP contribution in [0.1, 0.15) is 47.8 Å². The molecule has 1 amide bonds. The number of amides is 1. The molecule has 6 rings (SSSR count). The van der Waals surface area contributed by atoms with Crippen LogP contribution < -0.4 is 15.9 Å². The van der Waals surface area contributed by atoms with Gasteiger partial charge in [-0.15, -0.1) is 0 Å². The van der Waals surface area contributed by atoms with Crippen LogP contribution >= 0.6 is 0 Å². The highest BCUT2D eigenvalue weighted by atomic mass is 32.2. The van der Waals surface area contributed by atoms with E-state index in [1.165, 1.54) is 16.9 Å². The highest BCUT2D eigenvalue weighted by Crippen LogP contribution is 2.33. The Morgan fingerprint density at radius 3 is 2.83 bits per heavy atom. The van der Waals surface area contributed by atoms with Gasteiger partial charge in [0.15, 0.2) is 5.65 Å². The number of primary sulfonamides is 1. The fraction of sp³-hybridized carbons (Fsp3) is 0.381. The number of fused-ring (bicyclic) bond motifs is 1. The third-order valence-corrected chi connectivity index (χ3v) is 7.30. The van der Waals surface area contributed by atoms with E-state index in [1.807, 2.05) is 16.3 Å². The molecule has 0 atom stereocenters. The molecule has 5 heterocycles. The summed E-state index contributed by atoms with van der Waals surface area (Å²) >= 11 is 0. The second-order valence-corrected chi connectivity index (χ2v) is 10.4. The summed E-state index contributed by atoms with van der Waals surface area (Å²) in [4.78, 5) is 22.3. The zero-order chi connectivity index (χ0) is 24.9. The first-order chi connectivity index (χ1) is 17.4. The topological polar surface area (TPSA) is 168 Å². The summed E-state index contributed by atoms with van der Waals surface area (Å²) in [5, 5.41) is 20.0. The van der Waals surface area contributed by atoms with E-state index in [-0.39, 0.29) is 22.3 Å². The van der Waals surface area contributed by atoms with Crippen molar-refractivity contribution < 1.29 is 13.2 Å². The monoisotopic (exact) mass is 511 g/mol. The minimum absolute atomic E-state index is 0.0262. The quantitative estimate of drug-likeness (QED) is 0.423. The normalized spacial score (nSPS) is 19.0. The van der Waals surface area contributed by atoms with Gasteiger partial charge in [-0.25, -0.2) is 28.5 Å². The van der Waals surface area contributed by atoms with Crippen LogP contribution in [0.15, 0.2) is 40.9 Å². The first kappa shape index (κ1) is 22.8. The van der Waals surface area contributed by atoms with Gasteiger partial charge in [0.05, 0.1) is 30.7 Å². The number of carbonyl (C=O) groups excluding carboxylic acids is 1. The van der Waals surface area contributed by atoms with E-state index in [1.54, 1.807) is 23.2 Å². The number of rotatable bonds is 6. The van der Waals surface area contributed by atoms with E-state index in [0.29, 0.717) is 23.6 Å². The maximum absolute atomic E-state index is 13.2. The fourth-order valence-corrected chi connectivity index (χ4v) is 4.97. The molecule has 0 aromatic carbocycles. The minimum Gasteiger partial charge on any atom is -0.318 e. The smallest absolute Gasteiger partial charge is 0.261 e. The molecule has 1 aliphatic carbocycles. The molecule has 3 aliphatic rings. The summed E-state index contributed by atoms with van der Waals surface area (Å²) in [5.41, 5.74) is 5.03. The Hall–Kier alpha value is -3.66. The number of sulfonamides is 1. The Morgan fingerprint density at radius 2 is 2.11 bits per heavy atom. The van der Waals surface area contributed by atoms with E-state index in [2.05, 4.69) is 30.9 Å². The van der Waals surface area contributed by atoms with Gasteiger partial charge in [-0.1, -0.05) is 0 Å². The molecule has 0 radical (unpaired) electrons. The van der Waals surface area contributed by atoms with Crippen molar-refractivity contribution in [1.29, 1.82) is 0 Å². The van der Waals surface area contributed by atoms with E-state index < -0.39 is 15.9 Å². The minimum atomic E-state index is -4.14. The van der Waals surface area contributed by atoms with Crippen LogP contribution in [0.5, 0.6) is 0 Å². The number of carbonyl (C=O) groups is 1. The predicted molar refractivity (Wildman–Crippen MR) is 130 cm³/mol. The molecule has 2 fully saturated rings. The van der Waals surface area contributed by atoms with E-state index in [9.17, 15) is 13.2 Å². The van der Waals surface area contributed by atoms with Crippen LogP contribution in [0.3, 0.4) is 0 Å². The van der Waals surface area contributed by atoms with Crippen molar-refractivity contribution in [2.24, 2.45) is 10.1 Å². The lowest BCUT2D eigenvalue weighted by Crippen LogP contribution is -2.45. The zero-order valence-corrected chi connectivity index (χ0v) is 20.1. The van der Waals surface area contributed by atoms with Gasteiger partial charge < -0.3 is 5.32 Å². The van der Waals surface area contributed by atoms with Crippen molar-refractivity contribution in [3.63, 3.8) is 0 Å². The Kier molecular flexibility index (Phi) is 5.55. The number of hydrogen-bond acceptors (Lipinski definition) is 10. The van der Waals surface area contributed by atoms with Crippen LogP contribution in [0.2, 0.25) is 0 Å². The number of hydrogen-bond donors (Lipinski definition) is 3. The molecular weight excluding hydrogens is 486 g/mol. The molecule has 0 unspecified atom stereocenters. The van der Waals surface area contributed by atoms with Gasteiger partial charge in [0.25, 0.3) is 15.9 Å². The number of aromatic nitrogens is 5. The number of aliphatic imine (C=N–C) groups is 1. The maximum atomic E-state index is 13.2. The van der Waals surface area contributed by atoms with Gasteiger partial charge in [-0.3, -0.25) is 19.5 Å². The molecular formula is C21H25N11O3S. The van der Waals surface area contributed by atoms with Gasteiger partial charge >= 0.3 is 0 Å². The molecule has 1 saturated heterocycles. The van der Waals surface area contributed by atoms with Crippen molar-refractivity contribution >= 4 is 39.2 Å². The Labute approximate surface area is 206 Å². The molecule has 14 nitrogen and oxygen atoms in total. The lowest BCUT2D eigenvalue weighted by Gasteiger charge is -2.31. The van der Waals surface area contributed by atoms with Gasteiger partial charge in [0.2, 0.25) is 5.03 Å². The van der Waals surface area contributed by atoms with E-state index in [4.69, 9.17) is 5.14 Å². The molecule has 4 N–H and O–H groups in total. The van der Waals surface area contributed by atoms with Crippen molar-refractivity contribution in [1.82, 2.24) is 39.9 Å². The van der Waals surface area contributed by atoms with Gasteiger partial charge in [0.1, 0.15) is 16.9 Å². The summed E-state index contributed by atoms with van der Waals surface area (Å²) in [6, 6.07) is 1.87. The third-order valence-electron chi connectivity index (χ3n) is 6.46. The summed E-state index contributed by atoms with van der Waals surface area (Å²) in [6.07, 6.45) is 12.2. The fourth-order valence-electron chi connectivity index (χ4n) is 4.36. The van der Waals surface area contributed by atoms with E-state index in [0.717, 1.165) is 38.8 Å². The summed E-state index contributed by atoms with van der Waals surface area (Å²) in [6.45, 7) is 2.46. The maximum Gasteiger partial charge on any atom is 0.261 e. The SMILES string of the molecule is NS(=O)(=O)c1nn(C2CCC2)cc1NC(=O)c1cnn2ccc(C3=CN(N4CCCN4)CC=N3)nc12. The average molecular weight is 512 g/mol. The first-order valence-corrected chi connectivity index (χ1v) is 13.2. The highest BCUT2D eigenvalue weighted by molar-refractivity contribution is 7.89. The Balaban J connectivity index is 1.30. The summed E-state index contributed by atoms with van der Waals surface area (Å²) < 4.78 is 27.2. The Morgan fingerprint density at radius 1 is 1.25 bits per heavy atom. The molecule has 1 saturated carbocycles. The van der Waals surface area contributed by atoms with Crippen molar-refractivity contribution in [3.05, 3.63) is 42.1 Å². The molecule has 3 aromatic heterocycles. The van der Waals surface area contributed by atoms with Crippen LogP contribution in [0, 0.1) is 0 Å². The number of hydrazine groups is 2. The largest absolute Gasteiger partial charge is 0.318 e. The summed E-state index contributed by atoms with van der Waals surface area (Å²) in [5.74, 6) is -0.572. The van der Waals surface area contributed by atoms with Gasteiger partial charge in [0, 0.05) is 31.7 Å². The molecule has 188 valence electrons. The van der Waals surface area contributed by atoms with Crippen LogP contribution in [-0.4, -0.2) is 74.7 Å². The molecule has 36 heavy (non-hydrogen) atoms. The van der Waals surface area contributed by atoms with Crippen LogP contribution in [-0.2, 0) is 10.0 Å². The Bertz CT molecular complexity index is 1500. The van der Waals surface area contributed by atoms with Crippen molar-refractivity contribution in [2.75, 3.05) is 25.0 Å². The van der Waals surface area contributed by atoms with Gasteiger partial charge in [-0.2, -0.15) is 15.3 Å². The lowest BCUT2D eigenvalue weighted by molar-refractivity contribution is 0.0155. The molecule has 0 bridgehead atoms. The number of nitrogens with two attached hydrogens (primary N) is 1. The molecule has 15 heteroatoms. The van der Waals surface area contributed by atoms with Crippen molar-refractivity contribution in [2.45, 2.75) is 36.8 Å². The number of nitrogens with zero attached hydrogens (tertiary/aromatic N) is 8. The highest BCUT2D eigenvalue weighted by Gasteiger charge is 2.28. The van der Waals surface area contributed by atoms with Gasteiger partial charge in [-0.05, 0) is 31.7 Å². The lowest BCUT2D eigenvalue weighted by atomic mass is 9.93. The van der Waals surface area contributed by atoms with Crippen LogP contribution in [0.25, 0.3) is 11.3 Å². The van der Waals surface area contributed by atoms with Crippen molar-refractivity contribution in [3.8, 4) is 0 Å². The molecule has 3 aromatic rings. The summed E-state index contributed by atoms with van der Waals surface area (Å²) in [7, 11) is -4.14. The second-order valence-electron chi connectivity index (χ2n) is 8.88. The zero-order valence-electron chi connectivity index (χ0n) is 19.3. The second kappa shape index (κ2) is 8.77. The average Bonchev–Trinajstić information content (AvgIpc) is 3.57. The number of anilines is 1. The molecule has 0 spiro atoms.